The van der Waals surface area contributed by atoms with E-state index < -0.39 is 0 Å². The van der Waals surface area contributed by atoms with Crippen LogP contribution in [0.25, 0.3) is 0 Å². The molecule has 0 aliphatic carbocycles. The highest BCUT2D eigenvalue weighted by Gasteiger charge is 2.11. The molecule has 8 heteroatoms. The van der Waals surface area contributed by atoms with Crippen LogP contribution in [0, 0.1) is 0 Å². The number of aliphatic imine (C=N–C) groups is 1. The maximum Gasteiger partial charge on any atom is 0.218 e. The van der Waals surface area contributed by atoms with Crippen LogP contribution in [0.3, 0.4) is 0 Å². The van der Waals surface area contributed by atoms with Crippen LogP contribution < -0.4 is 24.8 Å². The molecule has 2 aromatic rings. The SMILES string of the molecule is CCNC(=NCc1cccnc1OC)Nc1ccc2c(c1)OCCCO2.I. The van der Waals surface area contributed by atoms with E-state index in [1.807, 2.05) is 37.3 Å². The molecule has 0 bridgehead atoms. The lowest BCUT2D eigenvalue weighted by Gasteiger charge is -2.14. The van der Waals surface area contributed by atoms with Gasteiger partial charge in [-0.05, 0) is 25.1 Å². The predicted octanol–water partition coefficient (Wildman–Crippen LogP) is 3.45. The Morgan fingerprint density at radius 3 is 2.81 bits per heavy atom. The minimum atomic E-state index is 0. The minimum Gasteiger partial charge on any atom is -0.490 e. The second-order valence-corrected chi connectivity index (χ2v) is 5.70. The van der Waals surface area contributed by atoms with Crippen molar-refractivity contribution < 1.29 is 14.2 Å². The Kier molecular flexibility index (Phi) is 8.43. The number of pyridine rings is 1. The molecule has 2 heterocycles. The number of anilines is 1. The van der Waals surface area contributed by atoms with Crippen LogP contribution in [0.1, 0.15) is 18.9 Å². The molecule has 0 saturated carbocycles. The van der Waals surface area contributed by atoms with E-state index in [4.69, 9.17) is 14.2 Å². The number of ether oxygens (including phenoxy) is 3. The van der Waals surface area contributed by atoms with Crippen LogP contribution >= 0.6 is 24.0 Å². The van der Waals surface area contributed by atoms with Crippen LogP contribution in [0.2, 0.25) is 0 Å². The first kappa shape index (κ1) is 21.1. The van der Waals surface area contributed by atoms with Crippen molar-refractivity contribution in [1.82, 2.24) is 10.3 Å². The van der Waals surface area contributed by atoms with Gasteiger partial charge in [-0.2, -0.15) is 0 Å². The molecule has 0 saturated heterocycles. The van der Waals surface area contributed by atoms with E-state index in [-0.39, 0.29) is 24.0 Å². The quantitative estimate of drug-likeness (QED) is 0.385. The van der Waals surface area contributed by atoms with E-state index >= 15 is 0 Å². The molecule has 146 valence electrons. The number of fused-ring (bicyclic) bond motifs is 1. The minimum absolute atomic E-state index is 0. The van der Waals surface area contributed by atoms with E-state index in [9.17, 15) is 0 Å². The van der Waals surface area contributed by atoms with E-state index in [1.165, 1.54) is 0 Å². The lowest BCUT2D eigenvalue weighted by molar-refractivity contribution is 0.297. The molecule has 0 unspecified atom stereocenters. The number of benzene rings is 1. The second kappa shape index (κ2) is 10.8. The van der Waals surface area contributed by atoms with Crippen LogP contribution in [-0.4, -0.2) is 37.8 Å². The topological polar surface area (TPSA) is 77.0 Å². The molecule has 0 amide bonds. The summed E-state index contributed by atoms with van der Waals surface area (Å²) >= 11 is 0. The van der Waals surface area contributed by atoms with Gasteiger partial charge in [0.25, 0.3) is 0 Å². The lowest BCUT2D eigenvalue weighted by Crippen LogP contribution is -2.30. The molecule has 2 N–H and O–H groups in total. The number of methoxy groups -OCH3 is 1. The largest absolute Gasteiger partial charge is 0.490 e. The summed E-state index contributed by atoms with van der Waals surface area (Å²) in [6, 6.07) is 9.61. The highest BCUT2D eigenvalue weighted by molar-refractivity contribution is 14.0. The Morgan fingerprint density at radius 2 is 2.04 bits per heavy atom. The van der Waals surface area contributed by atoms with Crippen molar-refractivity contribution >= 4 is 35.6 Å². The number of aromatic nitrogens is 1. The standard InChI is InChI=1S/C19H24N4O3.HI/c1-3-20-19(22-13-14-6-4-9-21-18(14)24-2)23-15-7-8-16-17(12-15)26-11-5-10-25-16;/h4,6-9,12H,3,5,10-11,13H2,1-2H3,(H2,20,22,23);1H. The summed E-state index contributed by atoms with van der Waals surface area (Å²) in [4.78, 5) is 8.82. The second-order valence-electron chi connectivity index (χ2n) is 5.70. The lowest BCUT2D eigenvalue weighted by atomic mass is 10.2. The summed E-state index contributed by atoms with van der Waals surface area (Å²) in [7, 11) is 1.61. The first-order valence-corrected chi connectivity index (χ1v) is 8.73. The highest BCUT2D eigenvalue weighted by Crippen LogP contribution is 2.32. The molecule has 7 nitrogen and oxygen atoms in total. The first-order chi connectivity index (χ1) is 12.8. The van der Waals surface area contributed by atoms with Crippen molar-refractivity contribution in [1.29, 1.82) is 0 Å². The summed E-state index contributed by atoms with van der Waals surface area (Å²) in [6.07, 6.45) is 2.59. The zero-order chi connectivity index (χ0) is 18.2. The maximum atomic E-state index is 5.74. The third-order valence-corrected chi connectivity index (χ3v) is 3.81. The van der Waals surface area contributed by atoms with Gasteiger partial charge in [0.15, 0.2) is 17.5 Å². The fraction of sp³-hybridized carbons (Fsp3) is 0.368. The van der Waals surface area contributed by atoms with Crippen molar-refractivity contribution in [3.05, 3.63) is 42.1 Å². The molecule has 1 aromatic heterocycles. The van der Waals surface area contributed by atoms with Gasteiger partial charge in [0, 0.05) is 36.5 Å². The summed E-state index contributed by atoms with van der Waals surface area (Å²) in [5.41, 5.74) is 1.80. The van der Waals surface area contributed by atoms with E-state index in [0.717, 1.165) is 35.7 Å². The molecular weight excluding hydrogens is 459 g/mol. The Balaban J connectivity index is 0.00000261. The summed E-state index contributed by atoms with van der Waals surface area (Å²) in [5.74, 6) is 2.78. The van der Waals surface area contributed by atoms with Crippen molar-refractivity contribution in [2.24, 2.45) is 4.99 Å². The number of rotatable bonds is 5. The number of hydrogen-bond donors (Lipinski definition) is 2. The van der Waals surface area contributed by atoms with Gasteiger partial charge >= 0.3 is 0 Å². The molecule has 1 aliphatic heterocycles. The monoisotopic (exact) mass is 484 g/mol. The molecule has 27 heavy (non-hydrogen) atoms. The van der Waals surface area contributed by atoms with Crippen molar-refractivity contribution in [2.45, 2.75) is 19.9 Å². The average Bonchev–Trinajstić information content (AvgIpc) is 2.91. The zero-order valence-corrected chi connectivity index (χ0v) is 17.9. The summed E-state index contributed by atoms with van der Waals surface area (Å²) < 4.78 is 16.7. The Bertz CT molecular complexity index is 770. The summed E-state index contributed by atoms with van der Waals surface area (Å²) in [6.45, 7) is 4.56. The van der Waals surface area contributed by atoms with Gasteiger partial charge in [0.1, 0.15) is 0 Å². The number of guanidine groups is 1. The van der Waals surface area contributed by atoms with Crippen LogP contribution in [0.5, 0.6) is 17.4 Å². The molecule has 1 aromatic carbocycles. The normalized spacial score (nSPS) is 13.2. The third kappa shape index (κ3) is 5.88. The summed E-state index contributed by atoms with van der Waals surface area (Å²) in [5, 5.41) is 6.54. The maximum absolute atomic E-state index is 5.74. The molecule has 0 radical (unpaired) electrons. The fourth-order valence-corrected chi connectivity index (χ4v) is 2.58. The van der Waals surface area contributed by atoms with E-state index in [0.29, 0.717) is 31.6 Å². The van der Waals surface area contributed by atoms with Crippen molar-refractivity contribution in [2.75, 3.05) is 32.2 Å². The van der Waals surface area contributed by atoms with E-state index in [2.05, 4.69) is 20.6 Å². The molecular formula is C19H25IN4O3. The molecule has 3 rings (SSSR count). The molecule has 0 atom stereocenters. The van der Waals surface area contributed by atoms with Gasteiger partial charge in [-0.3, -0.25) is 0 Å². The molecule has 0 spiro atoms. The van der Waals surface area contributed by atoms with Crippen molar-refractivity contribution in [3.8, 4) is 17.4 Å². The zero-order valence-electron chi connectivity index (χ0n) is 15.5. The highest BCUT2D eigenvalue weighted by atomic mass is 127. The number of halogens is 1. The van der Waals surface area contributed by atoms with Gasteiger partial charge in [-0.1, -0.05) is 6.07 Å². The Hall–Kier alpha value is -2.23. The van der Waals surface area contributed by atoms with Crippen LogP contribution in [-0.2, 0) is 6.54 Å². The van der Waals surface area contributed by atoms with Gasteiger partial charge in [-0.15, -0.1) is 24.0 Å². The molecule has 0 fully saturated rings. The number of nitrogens with one attached hydrogen (secondary N) is 2. The first-order valence-electron chi connectivity index (χ1n) is 8.73. The van der Waals surface area contributed by atoms with Crippen LogP contribution in [0.15, 0.2) is 41.5 Å². The fourth-order valence-electron chi connectivity index (χ4n) is 2.58. The number of nitrogens with zero attached hydrogens (tertiary/aromatic N) is 2. The van der Waals surface area contributed by atoms with Gasteiger partial charge in [0.2, 0.25) is 5.88 Å². The molecule has 1 aliphatic rings. The van der Waals surface area contributed by atoms with Gasteiger partial charge < -0.3 is 24.8 Å². The Labute approximate surface area is 176 Å². The van der Waals surface area contributed by atoms with Crippen LogP contribution in [0.4, 0.5) is 5.69 Å². The average molecular weight is 484 g/mol. The Morgan fingerprint density at radius 1 is 1.22 bits per heavy atom. The van der Waals surface area contributed by atoms with Gasteiger partial charge in [0.05, 0.1) is 26.9 Å². The third-order valence-electron chi connectivity index (χ3n) is 3.81. The van der Waals surface area contributed by atoms with Crippen molar-refractivity contribution in [3.63, 3.8) is 0 Å². The number of hydrogen-bond acceptors (Lipinski definition) is 5. The predicted molar refractivity (Wildman–Crippen MR) is 117 cm³/mol. The van der Waals surface area contributed by atoms with E-state index in [1.54, 1.807) is 13.3 Å². The van der Waals surface area contributed by atoms with Gasteiger partial charge in [-0.25, -0.2) is 9.98 Å². The smallest absolute Gasteiger partial charge is 0.218 e.